The van der Waals surface area contributed by atoms with Crippen molar-refractivity contribution < 1.29 is 38.7 Å². The number of carbonyl (C=O) groups excluding carboxylic acids is 2. The SMILES string of the molecule is CC(=O)O[C@@H]1[C@@H]2OC(=O)[C@]3(C)[C@H]1C[C@@]14C2=CO[C@@H](OC[C@@H](C)[C@H](C)O)C1C[C@@H](O)[C@@H]34. The van der Waals surface area contributed by atoms with Crippen LogP contribution in [0.25, 0.3) is 0 Å². The van der Waals surface area contributed by atoms with E-state index in [1.165, 1.54) is 6.92 Å². The molecule has 0 radical (unpaired) electrons. The topological polar surface area (TPSA) is 112 Å². The quantitative estimate of drug-likeness (QED) is 0.635. The molecule has 2 aliphatic heterocycles. The number of rotatable bonds is 5. The third-order valence-corrected chi connectivity index (χ3v) is 8.59. The van der Waals surface area contributed by atoms with Crippen molar-refractivity contribution in [3.05, 3.63) is 11.8 Å². The minimum Gasteiger partial charge on any atom is -0.472 e. The highest BCUT2D eigenvalue weighted by Gasteiger charge is 2.82. The predicted molar refractivity (Wildman–Crippen MR) is 101 cm³/mol. The molecule has 2 heterocycles. The highest BCUT2D eigenvalue weighted by atomic mass is 16.7. The number of hydrogen-bond donors (Lipinski definition) is 2. The minimum atomic E-state index is -0.935. The summed E-state index contributed by atoms with van der Waals surface area (Å²) in [6.07, 6.45) is -0.345. The van der Waals surface area contributed by atoms with Gasteiger partial charge in [0.25, 0.3) is 0 Å². The van der Waals surface area contributed by atoms with Gasteiger partial charge in [0.05, 0.1) is 30.5 Å². The van der Waals surface area contributed by atoms with Crippen molar-refractivity contribution in [2.45, 2.75) is 71.2 Å². The maximum atomic E-state index is 13.1. The standard InChI is InChI=1S/C22H30O8/c1-9(10(2)23)7-27-19-12-5-15(25)18-21(4)13-6-22(12,18)14(8-28-19)17(30-20(21)26)16(13)29-11(3)24/h8-10,12-13,15-19,23,25H,5-7H2,1-4H3/t9-,10+,12?,13+,15-,16+,17-,18+,19-,21-,22+/m1/s1. The Kier molecular flexibility index (Phi) is 4.35. The van der Waals surface area contributed by atoms with Crippen LogP contribution in [-0.4, -0.2) is 59.5 Å². The van der Waals surface area contributed by atoms with E-state index in [1.54, 1.807) is 13.2 Å². The lowest BCUT2D eigenvalue weighted by atomic mass is 9.61. The Morgan fingerprint density at radius 2 is 2.10 bits per heavy atom. The Bertz CT molecular complexity index is 807. The molecule has 4 fully saturated rings. The zero-order chi connectivity index (χ0) is 21.6. The first-order chi connectivity index (χ1) is 14.1. The van der Waals surface area contributed by atoms with Gasteiger partial charge >= 0.3 is 11.9 Å². The summed E-state index contributed by atoms with van der Waals surface area (Å²) in [7, 11) is 0. The number of aliphatic hydroxyl groups excluding tert-OH is 2. The van der Waals surface area contributed by atoms with Crippen LogP contribution in [-0.2, 0) is 28.5 Å². The van der Waals surface area contributed by atoms with Gasteiger partial charge in [-0.05, 0) is 26.7 Å². The summed E-state index contributed by atoms with van der Waals surface area (Å²) in [5.74, 6) is -1.51. The van der Waals surface area contributed by atoms with E-state index < -0.39 is 47.5 Å². The average Bonchev–Trinajstić information content (AvgIpc) is 3.07. The fourth-order valence-corrected chi connectivity index (χ4v) is 7.12. The summed E-state index contributed by atoms with van der Waals surface area (Å²) in [5, 5.41) is 20.9. The van der Waals surface area contributed by atoms with Crippen LogP contribution in [0.3, 0.4) is 0 Å². The third-order valence-electron chi connectivity index (χ3n) is 8.59. The van der Waals surface area contributed by atoms with Gasteiger partial charge in [0.15, 0.2) is 6.10 Å². The first kappa shape index (κ1) is 20.3. The van der Waals surface area contributed by atoms with E-state index in [9.17, 15) is 19.8 Å². The van der Waals surface area contributed by atoms with E-state index in [0.717, 1.165) is 5.57 Å². The molecular weight excluding hydrogens is 392 g/mol. The van der Waals surface area contributed by atoms with Crippen molar-refractivity contribution in [2.24, 2.45) is 34.5 Å². The Labute approximate surface area is 175 Å². The second-order valence-corrected chi connectivity index (χ2v) is 10.0. The third kappa shape index (κ3) is 2.33. The van der Waals surface area contributed by atoms with Crippen LogP contribution in [0.5, 0.6) is 0 Å². The molecule has 3 aliphatic carbocycles. The van der Waals surface area contributed by atoms with Crippen molar-refractivity contribution in [2.75, 3.05) is 6.61 Å². The number of fused-ring (bicyclic) bond motifs is 3. The normalized spacial score (nSPS) is 49.6. The lowest BCUT2D eigenvalue weighted by molar-refractivity contribution is -0.212. The molecule has 0 aromatic heterocycles. The second-order valence-electron chi connectivity index (χ2n) is 10.0. The average molecular weight is 422 g/mol. The molecule has 0 aromatic carbocycles. The zero-order valence-electron chi connectivity index (χ0n) is 17.7. The second kappa shape index (κ2) is 6.43. The molecule has 5 rings (SSSR count). The molecule has 2 N–H and O–H groups in total. The van der Waals surface area contributed by atoms with Crippen LogP contribution in [0.2, 0.25) is 0 Å². The summed E-state index contributed by atoms with van der Waals surface area (Å²) in [6, 6.07) is 0. The zero-order valence-corrected chi connectivity index (χ0v) is 17.7. The van der Waals surface area contributed by atoms with Crippen LogP contribution in [0.4, 0.5) is 0 Å². The summed E-state index contributed by atoms with van der Waals surface area (Å²) >= 11 is 0. The highest BCUT2D eigenvalue weighted by Crippen LogP contribution is 2.77. The maximum Gasteiger partial charge on any atom is 0.313 e. The van der Waals surface area contributed by atoms with Crippen LogP contribution in [0.15, 0.2) is 11.8 Å². The van der Waals surface area contributed by atoms with Gasteiger partial charge in [0, 0.05) is 41.6 Å². The van der Waals surface area contributed by atoms with Crippen molar-refractivity contribution in [1.29, 1.82) is 0 Å². The van der Waals surface area contributed by atoms with E-state index in [-0.39, 0.29) is 29.6 Å². The molecule has 5 aliphatic rings. The summed E-state index contributed by atoms with van der Waals surface area (Å²) < 4.78 is 23.5. The van der Waals surface area contributed by atoms with Crippen molar-refractivity contribution >= 4 is 11.9 Å². The van der Waals surface area contributed by atoms with Gasteiger partial charge in [-0.2, -0.15) is 0 Å². The fraction of sp³-hybridized carbons (Fsp3) is 0.818. The monoisotopic (exact) mass is 422 g/mol. The van der Waals surface area contributed by atoms with Crippen LogP contribution in [0, 0.1) is 34.5 Å². The van der Waals surface area contributed by atoms with Gasteiger partial charge in [0.1, 0.15) is 6.10 Å². The van der Waals surface area contributed by atoms with E-state index in [4.69, 9.17) is 18.9 Å². The van der Waals surface area contributed by atoms with Gasteiger partial charge in [-0.25, -0.2) is 0 Å². The Morgan fingerprint density at radius 1 is 1.37 bits per heavy atom. The molecule has 0 amide bonds. The van der Waals surface area contributed by atoms with E-state index in [1.807, 2.05) is 13.8 Å². The van der Waals surface area contributed by atoms with Gasteiger partial charge in [-0.15, -0.1) is 0 Å². The molecule has 0 aromatic rings. The number of hydrogen-bond acceptors (Lipinski definition) is 8. The molecule has 3 bridgehead atoms. The maximum absolute atomic E-state index is 13.1. The molecule has 8 nitrogen and oxygen atoms in total. The Balaban J connectivity index is 1.55. The molecule has 3 saturated carbocycles. The van der Waals surface area contributed by atoms with Crippen LogP contribution >= 0.6 is 0 Å². The van der Waals surface area contributed by atoms with Gasteiger partial charge in [-0.3, -0.25) is 9.59 Å². The molecule has 1 spiro atoms. The van der Waals surface area contributed by atoms with Gasteiger partial charge in [-0.1, -0.05) is 6.92 Å². The molecule has 11 atom stereocenters. The first-order valence-electron chi connectivity index (χ1n) is 10.8. The van der Waals surface area contributed by atoms with E-state index in [0.29, 0.717) is 19.4 Å². The fourth-order valence-electron chi connectivity index (χ4n) is 7.12. The molecule has 8 heteroatoms. The predicted octanol–water partition coefficient (Wildman–Crippen LogP) is 1.14. The van der Waals surface area contributed by atoms with Gasteiger partial charge < -0.3 is 29.2 Å². The summed E-state index contributed by atoms with van der Waals surface area (Å²) in [5.41, 5.74) is -0.618. The van der Waals surface area contributed by atoms with Crippen LogP contribution < -0.4 is 0 Å². The number of aliphatic hydroxyl groups is 2. The summed E-state index contributed by atoms with van der Waals surface area (Å²) in [6.45, 7) is 7.16. The molecule has 1 saturated heterocycles. The van der Waals surface area contributed by atoms with Gasteiger partial charge in [0.2, 0.25) is 6.29 Å². The lowest BCUT2D eigenvalue weighted by Crippen LogP contribution is -2.58. The smallest absolute Gasteiger partial charge is 0.313 e. The molecule has 1 unspecified atom stereocenters. The van der Waals surface area contributed by atoms with Crippen LogP contribution in [0.1, 0.15) is 40.5 Å². The molecule has 30 heavy (non-hydrogen) atoms. The highest BCUT2D eigenvalue weighted by molar-refractivity contribution is 5.82. The molecular formula is C22H30O8. The minimum absolute atomic E-state index is 0.0618. The van der Waals surface area contributed by atoms with Crippen molar-refractivity contribution in [3.8, 4) is 0 Å². The Morgan fingerprint density at radius 3 is 2.77 bits per heavy atom. The van der Waals surface area contributed by atoms with Crippen molar-refractivity contribution in [3.63, 3.8) is 0 Å². The molecule has 166 valence electrons. The number of carbonyl (C=O) groups is 2. The summed E-state index contributed by atoms with van der Waals surface area (Å²) in [4.78, 5) is 24.9. The van der Waals surface area contributed by atoms with E-state index >= 15 is 0 Å². The lowest BCUT2D eigenvalue weighted by Gasteiger charge is -2.51. The Hall–Kier alpha value is -1.64. The largest absolute Gasteiger partial charge is 0.472 e. The van der Waals surface area contributed by atoms with E-state index in [2.05, 4.69) is 0 Å². The number of ether oxygens (including phenoxy) is 4. The first-order valence-corrected chi connectivity index (χ1v) is 10.8. The van der Waals surface area contributed by atoms with Crippen molar-refractivity contribution in [1.82, 2.24) is 0 Å². The number of esters is 2.